The number of hydrogen-bond donors (Lipinski definition) is 1. The molecule has 6 nitrogen and oxygen atoms in total. The Kier molecular flexibility index (Phi) is 6.90. The number of aryl methyl sites for hydroxylation is 1. The van der Waals surface area contributed by atoms with E-state index in [-0.39, 0.29) is 16.6 Å². The molecule has 34 heavy (non-hydrogen) atoms. The average molecular weight is 504 g/mol. The van der Waals surface area contributed by atoms with Crippen LogP contribution in [0.5, 0.6) is 0 Å². The van der Waals surface area contributed by atoms with Gasteiger partial charge < -0.3 is 4.90 Å². The molecule has 0 saturated carbocycles. The number of nitrogens with zero attached hydrogens (tertiary/aromatic N) is 4. The number of anilines is 2. The molecule has 0 radical (unpaired) electrons. The smallest absolute Gasteiger partial charge is 0.308 e. The second-order valence-corrected chi connectivity index (χ2v) is 9.95. The lowest BCUT2D eigenvalue weighted by Crippen LogP contribution is -2.44. The highest BCUT2D eigenvalue weighted by atomic mass is 35.5. The van der Waals surface area contributed by atoms with E-state index in [9.17, 15) is 4.79 Å². The fourth-order valence-corrected chi connectivity index (χ4v) is 4.90. The predicted octanol–water partition coefficient (Wildman–Crippen LogP) is 6.46. The van der Waals surface area contributed by atoms with Crippen LogP contribution in [0.15, 0.2) is 36.4 Å². The van der Waals surface area contributed by atoms with Gasteiger partial charge in [0, 0.05) is 22.8 Å². The van der Waals surface area contributed by atoms with Crippen LogP contribution in [-0.4, -0.2) is 41.4 Å². The second-order valence-electron chi connectivity index (χ2n) is 9.11. The third kappa shape index (κ3) is 4.40. The van der Waals surface area contributed by atoms with Gasteiger partial charge in [-0.1, -0.05) is 49.2 Å². The molecular formula is C25H28Cl2FN5O. The maximum absolute atomic E-state index is 15.3. The average Bonchev–Trinajstić information content (AvgIpc) is 3.12. The summed E-state index contributed by atoms with van der Waals surface area (Å²) in [6.45, 7) is 7.56. The third-order valence-corrected chi connectivity index (χ3v) is 6.56. The van der Waals surface area contributed by atoms with Crippen molar-refractivity contribution in [2.75, 3.05) is 30.9 Å². The molecule has 2 heterocycles. The third-order valence-electron chi connectivity index (χ3n) is 6.03. The number of nitrogens with one attached hydrogen (secondary N) is 1. The number of rotatable bonds is 6. The Hall–Kier alpha value is -2.61. The van der Waals surface area contributed by atoms with Crippen LogP contribution in [0, 0.1) is 12.7 Å². The number of benzene rings is 2. The summed E-state index contributed by atoms with van der Waals surface area (Å²) in [6, 6.07) is 9.11. The zero-order valence-electron chi connectivity index (χ0n) is 19.9. The molecule has 1 N–H and O–H groups in total. The lowest BCUT2D eigenvalue weighted by atomic mass is 9.89. The van der Waals surface area contributed by atoms with E-state index in [1.807, 2.05) is 37.8 Å². The number of aromatic nitrogens is 2. The van der Waals surface area contributed by atoms with E-state index in [0.29, 0.717) is 17.4 Å². The topological polar surface area (TPSA) is 53.4 Å². The fraction of sp³-hybridized carbons (Fsp3) is 0.360. The van der Waals surface area contributed by atoms with Crippen molar-refractivity contribution in [1.82, 2.24) is 14.7 Å². The van der Waals surface area contributed by atoms with E-state index in [1.54, 1.807) is 18.2 Å². The summed E-state index contributed by atoms with van der Waals surface area (Å²) in [6.07, 6.45) is 0. The zero-order valence-corrected chi connectivity index (χ0v) is 21.4. The second kappa shape index (κ2) is 9.56. The molecule has 0 aliphatic carbocycles. The van der Waals surface area contributed by atoms with Crippen molar-refractivity contribution in [3.8, 4) is 0 Å². The van der Waals surface area contributed by atoms with Crippen molar-refractivity contribution >= 4 is 40.7 Å². The molecule has 1 aromatic heterocycles. The number of carbonyl (C=O) groups is 1. The van der Waals surface area contributed by atoms with E-state index in [1.165, 1.54) is 11.0 Å². The van der Waals surface area contributed by atoms with Gasteiger partial charge in [0.05, 0.1) is 23.3 Å². The summed E-state index contributed by atoms with van der Waals surface area (Å²) in [5, 5.41) is 8.21. The van der Waals surface area contributed by atoms with E-state index >= 15 is 4.39 Å². The Balaban J connectivity index is 2.00. The van der Waals surface area contributed by atoms with Crippen molar-refractivity contribution in [3.05, 3.63) is 74.6 Å². The molecule has 2 aromatic carbocycles. The van der Waals surface area contributed by atoms with Gasteiger partial charge in [-0.3, -0.25) is 14.9 Å². The predicted molar refractivity (Wildman–Crippen MR) is 136 cm³/mol. The maximum Gasteiger partial charge on any atom is 0.328 e. The van der Waals surface area contributed by atoms with Crippen LogP contribution < -0.4 is 10.2 Å². The summed E-state index contributed by atoms with van der Waals surface area (Å²) in [4.78, 5) is 17.0. The van der Waals surface area contributed by atoms with Gasteiger partial charge in [0.1, 0.15) is 0 Å². The summed E-state index contributed by atoms with van der Waals surface area (Å²) in [5.41, 5.74) is 3.67. The van der Waals surface area contributed by atoms with E-state index in [4.69, 9.17) is 28.3 Å². The summed E-state index contributed by atoms with van der Waals surface area (Å²) in [5.74, 6) is -0.0504. The van der Waals surface area contributed by atoms with Crippen molar-refractivity contribution in [1.29, 1.82) is 0 Å². The largest absolute Gasteiger partial charge is 0.328 e. The number of likely N-dealkylation sites (N-methyl/N-ethyl adjacent to an activating group) is 1. The maximum atomic E-state index is 15.3. The number of carbonyl (C=O) groups excluding carboxylic acids is 1. The highest BCUT2D eigenvalue weighted by Gasteiger charge is 2.41. The number of urea groups is 1. The first-order valence-electron chi connectivity index (χ1n) is 11.2. The minimum Gasteiger partial charge on any atom is -0.308 e. The van der Waals surface area contributed by atoms with Gasteiger partial charge in [-0.05, 0) is 62.3 Å². The van der Waals surface area contributed by atoms with Crippen LogP contribution in [0.4, 0.5) is 20.7 Å². The highest BCUT2D eigenvalue weighted by Crippen LogP contribution is 2.46. The normalized spacial score (nSPS) is 15.8. The van der Waals surface area contributed by atoms with Gasteiger partial charge in [-0.2, -0.15) is 5.10 Å². The summed E-state index contributed by atoms with van der Waals surface area (Å²) < 4.78 is 17.2. The Morgan fingerprint density at radius 2 is 1.94 bits per heavy atom. The quantitative estimate of drug-likeness (QED) is 0.419. The van der Waals surface area contributed by atoms with Crippen LogP contribution >= 0.6 is 23.2 Å². The molecule has 1 aliphatic rings. The van der Waals surface area contributed by atoms with Crippen molar-refractivity contribution in [2.24, 2.45) is 0 Å². The number of halogens is 3. The van der Waals surface area contributed by atoms with Crippen LogP contribution in [0.2, 0.25) is 10.0 Å². The minimum atomic E-state index is -0.648. The first-order chi connectivity index (χ1) is 16.1. The van der Waals surface area contributed by atoms with Crippen LogP contribution in [-0.2, 0) is 6.54 Å². The van der Waals surface area contributed by atoms with E-state index in [2.05, 4.69) is 24.1 Å². The molecule has 3 aromatic rings. The fourth-order valence-electron chi connectivity index (χ4n) is 4.50. The Bertz CT molecular complexity index is 1240. The van der Waals surface area contributed by atoms with Gasteiger partial charge >= 0.3 is 6.03 Å². The molecule has 2 amide bonds. The molecule has 0 fully saturated rings. The molecule has 1 aliphatic heterocycles. The highest BCUT2D eigenvalue weighted by molar-refractivity contribution is 6.31. The van der Waals surface area contributed by atoms with Crippen molar-refractivity contribution < 1.29 is 9.18 Å². The molecule has 4 rings (SSSR count). The van der Waals surface area contributed by atoms with Crippen molar-refractivity contribution in [3.63, 3.8) is 0 Å². The zero-order chi connectivity index (χ0) is 24.7. The monoisotopic (exact) mass is 503 g/mol. The van der Waals surface area contributed by atoms with Gasteiger partial charge in [0.25, 0.3) is 0 Å². The number of hydrogen-bond acceptors (Lipinski definition) is 3. The molecule has 1 unspecified atom stereocenters. The molecule has 0 spiro atoms. The molecule has 0 saturated heterocycles. The van der Waals surface area contributed by atoms with Gasteiger partial charge in [-0.25, -0.2) is 9.18 Å². The Morgan fingerprint density at radius 3 is 2.59 bits per heavy atom. The summed E-state index contributed by atoms with van der Waals surface area (Å²) in [7, 11) is 4.01. The molecule has 0 bridgehead atoms. The Labute approximate surface area is 209 Å². The standard InChI is InChI=1S/C25H28Cl2FN5O/c1-14(2)22-20-23(17-10-9-16(26)13-15(17)3)33(19-8-6-7-18(27)21(19)28)25(34)29-24(20)30-32(22)12-11-31(4)5/h6-10,13-14,23H,11-12H2,1-5H3,(H,29,30,34). The van der Waals surface area contributed by atoms with E-state index in [0.717, 1.165) is 28.9 Å². The Morgan fingerprint density at radius 1 is 1.21 bits per heavy atom. The molecule has 1 atom stereocenters. The van der Waals surface area contributed by atoms with Crippen LogP contribution in [0.25, 0.3) is 0 Å². The van der Waals surface area contributed by atoms with Crippen LogP contribution in [0.3, 0.4) is 0 Å². The van der Waals surface area contributed by atoms with Gasteiger partial charge in [0.15, 0.2) is 11.6 Å². The van der Waals surface area contributed by atoms with Crippen LogP contribution in [0.1, 0.15) is 48.2 Å². The SMILES string of the molecule is Cc1cc(Cl)ccc1C1c2c(nn(CCN(C)C)c2C(C)C)NC(=O)N1c1cccc(Cl)c1F. The van der Waals surface area contributed by atoms with Crippen molar-refractivity contribution in [2.45, 2.75) is 39.3 Å². The van der Waals surface area contributed by atoms with E-state index < -0.39 is 17.9 Å². The number of fused-ring (bicyclic) bond motifs is 1. The molecular weight excluding hydrogens is 476 g/mol. The first kappa shape index (κ1) is 24.5. The van der Waals surface area contributed by atoms with Gasteiger partial charge in [0.2, 0.25) is 0 Å². The molecule has 9 heteroatoms. The lowest BCUT2D eigenvalue weighted by Gasteiger charge is -2.37. The minimum absolute atomic E-state index is 0.0477. The first-order valence-corrected chi connectivity index (χ1v) is 11.9. The lowest BCUT2D eigenvalue weighted by molar-refractivity contribution is 0.254. The summed E-state index contributed by atoms with van der Waals surface area (Å²) >= 11 is 12.4. The molecule has 180 valence electrons. The number of amides is 2. The van der Waals surface area contributed by atoms with Gasteiger partial charge in [-0.15, -0.1) is 0 Å².